The summed E-state index contributed by atoms with van der Waals surface area (Å²) in [6, 6.07) is -1.65. The Bertz CT molecular complexity index is 354. The van der Waals surface area contributed by atoms with Gasteiger partial charge in [-0.15, -0.1) is 0 Å². The summed E-state index contributed by atoms with van der Waals surface area (Å²) < 4.78 is 0. The number of aliphatic hydroxyl groups is 1. The largest absolute Gasteiger partial charge is 0.480 e. The van der Waals surface area contributed by atoms with Crippen LogP contribution in [0.4, 0.5) is 0 Å². The summed E-state index contributed by atoms with van der Waals surface area (Å²) in [5.74, 6) is -1.60. The van der Waals surface area contributed by atoms with Crippen LogP contribution in [0, 0.1) is 11.8 Å². The van der Waals surface area contributed by atoms with Gasteiger partial charge < -0.3 is 21.3 Å². The van der Waals surface area contributed by atoms with Gasteiger partial charge in [-0.25, -0.2) is 4.79 Å². The molecule has 0 aromatic rings. The number of carbonyl (C=O) groups is 2. The molecule has 1 fully saturated rings. The highest BCUT2D eigenvalue weighted by Gasteiger charge is 2.30. The van der Waals surface area contributed by atoms with Gasteiger partial charge in [0.05, 0.1) is 0 Å². The summed E-state index contributed by atoms with van der Waals surface area (Å²) in [6.07, 6.45) is 5.02. The van der Waals surface area contributed by atoms with Crippen molar-refractivity contribution >= 4 is 11.9 Å². The first kappa shape index (κ1) is 17.9. The number of nitrogens with two attached hydrogens (primary N) is 1. The van der Waals surface area contributed by atoms with E-state index in [4.69, 9.17) is 10.8 Å². The molecular weight excluding hydrogens is 272 g/mol. The van der Waals surface area contributed by atoms with Crippen LogP contribution in [-0.4, -0.2) is 40.3 Å². The molecule has 21 heavy (non-hydrogen) atoms. The van der Waals surface area contributed by atoms with Gasteiger partial charge >= 0.3 is 5.97 Å². The maximum Gasteiger partial charge on any atom is 0.326 e. The molecule has 0 aromatic heterocycles. The quantitative estimate of drug-likeness (QED) is 0.557. The van der Waals surface area contributed by atoms with Crippen molar-refractivity contribution in [1.82, 2.24) is 5.32 Å². The van der Waals surface area contributed by atoms with E-state index in [9.17, 15) is 14.7 Å². The molecule has 0 bridgehead atoms. The second-order valence-corrected chi connectivity index (χ2v) is 6.42. The third kappa shape index (κ3) is 5.63. The van der Waals surface area contributed by atoms with Crippen LogP contribution < -0.4 is 11.1 Å². The Morgan fingerprint density at radius 1 is 1.24 bits per heavy atom. The molecule has 6 nitrogen and oxygen atoms in total. The van der Waals surface area contributed by atoms with Crippen LogP contribution in [0.1, 0.15) is 52.4 Å². The van der Waals surface area contributed by atoms with E-state index in [1.54, 1.807) is 13.8 Å². The highest BCUT2D eigenvalue weighted by Crippen LogP contribution is 2.27. The van der Waals surface area contributed by atoms with Crippen LogP contribution in [0.15, 0.2) is 0 Å². The molecule has 1 saturated carbocycles. The zero-order valence-electron chi connectivity index (χ0n) is 12.9. The highest BCUT2D eigenvalue weighted by molar-refractivity contribution is 5.86. The van der Waals surface area contributed by atoms with E-state index in [0.29, 0.717) is 12.3 Å². The number of rotatable bonds is 7. The number of carboxylic acids is 1. The third-order valence-corrected chi connectivity index (χ3v) is 4.23. The van der Waals surface area contributed by atoms with Crippen molar-refractivity contribution < 1.29 is 19.8 Å². The van der Waals surface area contributed by atoms with Crippen molar-refractivity contribution in [3.05, 3.63) is 0 Å². The molecule has 0 aliphatic heterocycles. The molecule has 3 atom stereocenters. The van der Waals surface area contributed by atoms with E-state index in [1.165, 1.54) is 19.3 Å². The number of carboxylic acid groups (broad SMARTS) is 1. The first-order valence-electron chi connectivity index (χ1n) is 7.79. The minimum Gasteiger partial charge on any atom is -0.480 e. The van der Waals surface area contributed by atoms with Gasteiger partial charge in [0.2, 0.25) is 0 Å². The lowest BCUT2D eigenvalue weighted by Gasteiger charge is -2.27. The Balaban J connectivity index is 2.49. The van der Waals surface area contributed by atoms with E-state index in [1.807, 2.05) is 0 Å². The lowest BCUT2D eigenvalue weighted by Crippen LogP contribution is -2.53. The number of aliphatic hydroxyl groups excluding tert-OH is 1. The van der Waals surface area contributed by atoms with Gasteiger partial charge in [-0.05, 0) is 18.3 Å². The van der Waals surface area contributed by atoms with Crippen molar-refractivity contribution in [2.45, 2.75) is 70.6 Å². The molecule has 122 valence electrons. The highest BCUT2D eigenvalue weighted by atomic mass is 16.4. The van der Waals surface area contributed by atoms with Crippen LogP contribution in [-0.2, 0) is 9.59 Å². The maximum absolute atomic E-state index is 11.9. The molecular formula is C15H28N2O4. The summed E-state index contributed by atoms with van der Waals surface area (Å²) in [7, 11) is 0. The van der Waals surface area contributed by atoms with Crippen LogP contribution in [0.2, 0.25) is 0 Å². The molecule has 0 radical (unpaired) electrons. The van der Waals surface area contributed by atoms with Crippen LogP contribution in [0.5, 0.6) is 0 Å². The molecule has 1 amide bonds. The predicted octanol–water partition coefficient (Wildman–Crippen LogP) is 0.870. The summed E-state index contributed by atoms with van der Waals surface area (Å²) in [6.45, 7) is 3.40. The average Bonchev–Trinajstić information content (AvgIpc) is 2.43. The van der Waals surface area contributed by atoms with Gasteiger partial charge in [-0.1, -0.05) is 46.0 Å². The number of aliphatic carboxylic acids is 1. The normalized spacial score (nSPS) is 20.8. The molecule has 0 saturated heterocycles. The Morgan fingerprint density at radius 2 is 1.81 bits per heavy atom. The van der Waals surface area contributed by atoms with Crippen molar-refractivity contribution in [3.8, 4) is 0 Å². The van der Waals surface area contributed by atoms with E-state index in [-0.39, 0.29) is 5.92 Å². The van der Waals surface area contributed by atoms with Gasteiger partial charge in [-0.2, -0.15) is 0 Å². The lowest BCUT2D eigenvalue weighted by molar-refractivity contribution is -0.145. The summed E-state index contributed by atoms with van der Waals surface area (Å²) in [4.78, 5) is 23.0. The molecule has 1 aliphatic rings. The van der Waals surface area contributed by atoms with Gasteiger partial charge in [0.15, 0.2) is 0 Å². The fourth-order valence-corrected chi connectivity index (χ4v) is 2.88. The second kappa shape index (κ2) is 8.34. The Hall–Kier alpha value is -1.14. The molecule has 0 heterocycles. The van der Waals surface area contributed by atoms with Crippen molar-refractivity contribution in [2.75, 3.05) is 0 Å². The van der Waals surface area contributed by atoms with Gasteiger partial charge in [-0.3, -0.25) is 4.79 Å². The molecule has 0 aromatic carbocycles. The summed E-state index contributed by atoms with van der Waals surface area (Å²) in [5.41, 5.74) is 5.92. The summed E-state index contributed by atoms with van der Waals surface area (Å²) >= 11 is 0. The zero-order valence-corrected chi connectivity index (χ0v) is 12.9. The lowest BCUT2D eigenvalue weighted by atomic mass is 9.84. The van der Waals surface area contributed by atoms with E-state index >= 15 is 0 Å². The minimum absolute atomic E-state index is 0.256. The van der Waals surface area contributed by atoms with Crippen LogP contribution in [0.25, 0.3) is 0 Å². The van der Waals surface area contributed by atoms with Crippen LogP contribution >= 0.6 is 0 Å². The SMILES string of the molecule is CC(C)C(NC(=O)C(O)C(N)CC1CCCCC1)C(=O)O. The predicted molar refractivity (Wildman–Crippen MR) is 79.6 cm³/mol. The standard InChI is InChI=1S/C15H28N2O4/c1-9(2)12(15(20)21)17-14(19)13(18)11(16)8-10-6-4-3-5-7-10/h9-13,18H,3-8,16H2,1-2H3,(H,17,19)(H,20,21). The first-order valence-corrected chi connectivity index (χ1v) is 7.79. The minimum atomic E-state index is -1.35. The van der Waals surface area contributed by atoms with Crippen molar-refractivity contribution in [3.63, 3.8) is 0 Å². The number of amides is 1. The molecule has 1 aliphatic carbocycles. The van der Waals surface area contributed by atoms with Gasteiger partial charge in [0.1, 0.15) is 12.1 Å². The number of carbonyl (C=O) groups excluding carboxylic acids is 1. The van der Waals surface area contributed by atoms with Gasteiger partial charge in [0.25, 0.3) is 5.91 Å². The zero-order chi connectivity index (χ0) is 16.0. The molecule has 6 heteroatoms. The van der Waals surface area contributed by atoms with E-state index in [2.05, 4.69) is 5.32 Å². The van der Waals surface area contributed by atoms with Gasteiger partial charge in [0, 0.05) is 6.04 Å². The smallest absolute Gasteiger partial charge is 0.326 e. The molecule has 0 spiro atoms. The Morgan fingerprint density at radius 3 is 2.29 bits per heavy atom. The molecule has 1 rings (SSSR count). The van der Waals surface area contributed by atoms with Crippen molar-refractivity contribution in [2.24, 2.45) is 17.6 Å². The van der Waals surface area contributed by atoms with Crippen molar-refractivity contribution in [1.29, 1.82) is 0 Å². The monoisotopic (exact) mass is 300 g/mol. The topological polar surface area (TPSA) is 113 Å². The number of nitrogens with one attached hydrogen (secondary N) is 1. The molecule has 5 N–H and O–H groups in total. The van der Waals surface area contributed by atoms with E-state index in [0.717, 1.165) is 12.8 Å². The number of hydrogen-bond donors (Lipinski definition) is 4. The first-order chi connectivity index (χ1) is 9.82. The van der Waals surface area contributed by atoms with Crippen LogP contribution in [0.3, 0.4) is 0 Å². The molecule has 3 unspecified atom stereocenters. The third-order valence-electron chi connectivity index (χ3n) is 4.23. The second-order valence-electron chi connectivity index (χ2n) is 6.42. The Labute approximate surface area is 126 Å². The van der Waals surface area contributed by atoms with E-state index < -0.39 is 30.1 Å². The maximum atomic E-state index is 11.9. The average molecular weight is 300 g/mol. The fourth-order valence-electron chi connectivity index (χ4n) is 2.88. The summed E-state index contributed by atoms with van der Waals surface area (Å²) in [5, 5.41) is 21.4. The Kier molecular flexibility index (Phi) is 7.11. The fraction of sp³-hybridized carbons (Fsp3) is 0.867. The number of hydrogen-bond acceptors (Lipinski definition) is 4.